The smallest absolute Gasteiger partial charge is 0.326 e. The van der Waals surface area contributed by atoms with E-state index in [0.29, 0.717) is 23.6 Å². The Morgan fingerprint density at radius 1 is 0.968 bits per heavy atom. The number of carbonyl (C=O) groups is 3. The van der Waals surface area contributed by atoms with E-state index in [1.54, 1.807) is 24.3 Å². The first kappa shape index (κ1) is 23.9. The average molecular weight is 427 g/mol. The molecule has 0 saturated carbocycles. The molecule has 2 aromatic carbocycles. The van der Waals surface area contributed by atoms with E-state index in [1.807, 2.05) is 31.2 Å². The summed E-state index contributed by atoms with van der Waals surface area (Å²) in [6.07, 6.45) is -0.0641. The van der Waals surface area contributed by atoms with E-state index in [9.17, 15) is 14.4 Å². The predicted molar refractivity (Wildman–Crippen MR) is 119 cm³/mol. The van der Waals surface area contributed by atoms with Gasteiger partial charge in [0.1, 0.15) is 12.3 Å². The third-order valence-corrected chi connectivity index (χ3v) is 4.86. The molecule has 0 bridgehead atoms. The first-order valence-electron chi connectivity index (χ1n) is 10.5. The van der Waals surface area contributed by atoms with Crippen LogP contribution >= 0.6 is 0 Å². The zero-order chi connectivity index (χ0) is 22.8. The molecular weight excluding hydrogens is 396 g/mol. The van der Waals surface area contributed by atoms with E-state index in [1.165, 1.54) is 6.92 Å². The molecule has 166 valence electrons. The molecule has 0 heterocycles. The summed E-state index contributed by atoms with van der Waals surface area (Å²) >= 11 is 0. The number of carbonyl (C=O) groups excluding carboxylic acids is 3. The maximum absolute atomic E-state index is 12.5. The number of esters is 1. The van der Waals surface area contributed by atoms with Gasteiger partial charge in [-0.3, -0.25) is 14.4 Å². The molecule has 2 aromatic rings. The first-order valence-corrected chi connectivity index (χ1v) is 10.5. The molecule has 7 heteroatoms. The number of nitrogens with one attached hydrogen (secondary N) is 2. The van der Waals surface area contributed by atoms with E-state index in [0.717, 1.165) is 12.0 Å². The lowest BCUT2D eigenvalue weighted by Crippen LogP contribution is -2.36. The zero-order valence-corrected chi connectivity index (χ0v) is 18.4. The van der Waals surface area contributed by atoms with Crippen molar-refractivity contribution in [2.75, 3.05) is 18.5 Å². The number of benzene rings is 2. The van der Waals surface area contributed by atoms with Crippen LogP contribution in [0.5, 0.6) is 5.75 Å². The highest BCUT2D eigenvalue weighted by Gasteiger charge is 2.20. The Hall–Kier alpha value is -3.35. The third-order valence-electron chi connectivity index (χ3n) is 4.86. The summed E-state index contributed by atoms with van der Waals surface area (Å²) in [6, 6.07) is 14.1. The minimum atomic E-state index is -1.00. The fourth-order valence-corrected chi connectivity index (χ4v) is 2.91. The normalized spacial score (nSPS) is 12.4. The average Bonchev–Trinajstić information content (AvgIpc) is 2.78. The minimum Gasteiger partial charge on any atom is -0.494 e. The van der Waals surface area contributed by atoms with Crippen molar-refractivity contribution in [3.8, 4) is 5.75 Å². The second-order valence-corrected chi connectivity index (χ2v) is 7.16. The summed E-state index contributed by atoms with van der Waals surface area (Å²) < 4.78 is 10.5. The van der Waals surface area contributed by atoms with Gasteiger partial charge in [-0.05, 0) is 62.1 Å². The Kier molecular flexibility index (Phi) is 9.06. The predicted octanol–water partition coefficient (Wildman–Crippen LogP) is 3.90. The molecule has 2 amide bonds. The van der Waals surface area contributed by atoms with E-state index >= 15 is 0 Å². The summed E-state index contributed by atoms with van der Waals surface area (Å²) in [5.74, 6) is -0.598. The lowest BCUT2D eigenvalue weighted by atomic mass is 9.97. The number of hydrogen-bond acceptors (Lipinski definition) is 5. The van der Waals surface area contributed by atoms with Crippen molar-refractivity contribution in [3.05, 3.63) is 59.7 Å². The van der Waals surface area contributed by atoms with Crippen molar-refractivity contribution in [1.29, 1.82) is 0 Å². The van der Waals surface area contributed by atoms with Crippen LogP contribution in [-0.2, 0) is 14.3 Å². The molecule has 0 unspecified atom stereocenters. The topological polar surface area (TPSA) is 93.7 Å². The Bertz CT molecular complexity index is 895. The van der Waals surface area contributed by atoms with Crippen LogP contribution in [0.4, 0.5) is 5.69 Å². The van der Waals surface area contributed by atoms with Crippen molar-refractivity contribution < 1.29 is 23.9 Å². The molecule has 0 saturated heterocycles. The zero-order valence-electron chi connectivity index (χ0n) is 18.4. The molecule has 0 spiro atoms. The van der Waals surface area contributed by atoms with Crippen LogP contribution in [0.3, 0.4) is 0 Å². The van der Waals surface area contributed by atoms with E-state index in [4.69, 9.17) is 9.47 Å². The highest BCUT2D eigenvalue weighted by Crippen LogP contribution is 2.26. The Morgan fingerprint density at radius 2 is 1.65 bits per heavy atom. The molecule has 0 aromatic heterocycles. The Morgan fingerprint density at radius 3 is 2.29 bits per heavy atom. The molecule has 2 rings (SSSR count). The van der Waals surface area contributed by atoms with Crippen LogP contribution < -0.4 is 15.4 Å². The van der Waals surface area contributed by atoms with Crippen LogP contribution in [-0.4, -0.2) is 37.0 Å². The van der Waals surface area contributed by atoms with Gasteiger partial charge in [0, 0.05) is 11.3 Å². The second kappa shape index (κ2) is 11.7. The molecule has 2 N–H and O–H groups in total. The van der Waals surface area contributed by atoms with Gasteiger partial charge in [-0.1, -0.05) is 32.0 Å². The molecular formula is C24H30N2O5. The van der Waals surface area contributed by atoms with Crippen molar-refractivity contribution in [3.63, 3.8) is 0 Å². The van der Waals surface area contributed by atoms with Gasteiger partial charge in [-0.25, -0.2) is 0 Å². The van der Waals surface area contributed by atoms with E-state index in [-0.39, 0.29) is 12.5 Å². The van der Waals surface area contributed by atoms with Gasteiger partial charge >= 0.3 is 5.97 Å². The molecule has 7 nitrogen and oxygen atoms in total. The number of ether oxygens (including phenoxy) is 2. The second-order valence-electron chi connectivity index (χ2n) is 7.16. The molecule has 0 fully saturated rings. The number of anilines is 1. The summed E-state index contributed by atoms with van der Waals surface area (Å²) in [5, 5.41) is 5.31. The molecule has 2 atom stereocenters. The Balaban J connectivity index is 1.85. The third kappa shape index (κ3) is 7.13. The summed E-state index contributed by atoms with van der Waals surface area (Å²) in [5.41, 5.74) is 2.12. The summed E-state index contributed by atoms with van der Waals surface area (Å²) in [4.78, 5) is 36.7. The lowest BCUT2D eigenvalue weighted by molar-refractivity contribution is -0.152. The van der Waals surface area contributed by atoms with Gasteiger partial charge in [0.15, 0.2) is 6.10 Å². The number of hydrogen-bond donors (Lipinski definition) is 2. The SMILES string of the molecule is CCOc1ccc(C(=O)NCC(=O)O[C@H](C)C(=O)Nc2ccccc2[C@H](C)CC)cc1. The maximum atomic E-state index is 12.5. The number of amides is 2. The molecule has 0 radical (unpaired) electrons. The van der Waals surface area contributed by atoms with E-state index in [2.05, 4.69) is 24.5 Å². The van der Waals surface area contributed by atoms with Crippen LogP contribution in [0.2, 0.25) is 0 Å². The molecule has 0 aliphatic heterocycles. The van der Waals surface area contributed by atoms with Gasteiger partial charge < -0.3 is 20.1 Å². The summed E-state index contributed by atoms with van der Waals surface area (Å²) in [6.45, 7) is 7.72. The largest absolute Gasteiger partial charge is 0.494 e. The quantitative estimate of drug-likeness (QED) is 0.562. The van der Waals surface area contributed by atoms with Crippen molar-refractivity contribution in [1.82, 2.24) is 5.32 Å². The van der Waals surface area contributed by atoms with E-state index < -0.39 is 23.9 Å². The molecule has 0 aliphatic carbocycles. The van der Waals surface area contributed by atoms with Gasteiger partial charge in [-0.2, -0.15) is 0 Å². The highest BCUT2D eigenvalue weighted by molar-refractivity contribution is 5.97. The van der Waals surface area contributed by atoms with Crippen molar-refractivity contribution in [2.45, 2.75) is 46.1 Å². The van der Waals surface area contributed by atoms with Crippen molar-refractivity contribution in [2.24, 2.45) is 0 Å². The fourth-order valence-electron chi connectivity index (χ4n) is 2.91. The standard InChI is InChI=1S/C24H30N2O5/c1-5-16(3)20-9-7-8-10-21(20)26-23(28)17(4)31-22(27)15-25-24(29)18-11-13-19(14-12-18)30-6-2/h7-14,16-17H,5-6,15H2,1-4H3,(H,25,29)(H,26,28)/t16-,17-/m1/s1. The van der Waals surface area contributed by atoms with Gasteiger partial charge in [0.05, 0.1) is 6.61 Å². The van der Waals surface area contributed by atoms with Crippen LogP contribution in [0, 0.1) is 0 Å². The van der Waals surface area contributed by atoms with Crippen molar-refractivity contribution >= 4 is 23.5 Å². The first-order chi connectivity index (χ1) is 14.8. The molecule has 0 aliphatic rings. The van der Waals surface area contributed by atoms with Gasteiger partial charge in [0.2, 0.25) is 0 Å². The van der Waals surface area contributed by atoms with Gasteiger partial charge in [0.25, 0.3) is 11.8 Å². The lowest BCUT2D eigenvalue weighted by Gasteiger charge is -2.18. The van der Waals surface area contributed by atoms with Crippen LogP contribution in [0.1, 0.15) is 56.0 Å². The minimum absolute atomic E-state index is 0.284. The highest BCUT2D eigenvalue weighted by atomic mass is 16.5. The fraction of sp³-hybridized carbons (Fsp3) is 0.375. The molecule has 31 heavy (non-hydrogen) atoms. The monoisotopic (exact) mass is 426 g/mol. The summed E-state index contributed by atoms with van der Waals surface area (Å²) in [7, 11) is 0. The number of rotatable bonds is 10. The number of para-hydroxylation sites is 1. The Labute approximate surface area is 183 Å². The van der Waals surface area contributed by atoms with Crippen LogP contribution in [0.25, 0.3) is 0 Å². The maximum Gasteiger partial charge on any atom is 0.326 e. The van der Waals surface area contributed by atoms with Gasteiger partial charge in [-0.15, -0.1) is 0 Å². The van der Waals surface area contributed by atoms with Crippen LogP contribution in [0.15, 0.2) is 48.5 Å².